The Morgan fingerprint density at radius 2 is 2.17 bits per heavy atom. The van der Waals surface area contributed by atoms with Crippen LogP contribution < -0.4 is 10.2 Å². The number of aryl methyl sites for hydroxylation is 1. The Bertz CT molecular complexity index is 387. The lowest BCUT2D eigenvalue weighted by molar-refractivity contribution is 0.321. The van der Waals surface area contributed by atoms with Crippen molar-refractivity contribution >= 4 is 11.6 Å². The van der Waals surface area contributed by atoms with Gasteiger partial charge < -0.3 is 10.2 Å². The summed E-state index contributed by atoms with van der Waals surface area (Å²) < 4.78 is 0. The lowest BCUT2D eigenvalue weighted by atomic mass is 9.85. The van der Waals surface area contributed by atoms with Crippen molar-refractivity contribution in [2.24, 2.45) is 5.92 Å². The number of hydrogen-bond acceptors (Lipinski definition) is 4. The molecule has 2 rings (SSSR count). The standard InChI is InChI=1S/C14H24N4/c1-4-6-12-16-13(15-2)9-14(17-12)18(3)10-11-7-5-8-11/h9,11H,4-8,10H2,1-3H3,(H,15,16,17). The molecule has 0 radical (unpaired) electrons. The fourth-order valence-electron chi connectivity index (χ4n) is 2.30. The minimum Gasteiger partial charge on any atom is -0.373 e. The van der Waals surface area contributed by atoms with E-state index in [4.69, 9.17) is 0 Å². The topological polar surface area (TPSA) is 41.1 Å². The molecule has 1 N–H and O–H groups in total. The van der Waals surface area contributed by atoms with Gasteiger partial charge in [-0.25, -0.2) is 9.97 Å². The predicted molar refractivity (Wildman–Crippen MR) is 76.2 cm³/mol. The van der Waals surface area contributed by atoms with Crippen LogP contribution in [0.1, 0.15) is 38.4 Å². The molecule has 4 nitrogen and oxygen atoms in total. The summed E-state index contributed by atoms with van der Waals surface area (Å²) in [6.45, 7) is 3.28. The number of rotatable bonds is 6. The van der Waals surface area contributed by atoms with Gasteiger partial charge in [0.25, 0.3) is 0 Å². The quantitative estimate of drug-likeness (QED) is 0.840. The van der Waals surface area contributed by atoms with E-state index in [0.717, 1.165) is 42.8 Å². The van der Waals surface area contributed by atoms with Crippen LogP contribution in [0.3, 0.4) is 0 Å². The van der Waals surface area contributed by atoms with Crippen molar-refractivity contribution in [2.45, 2.75) is 39.0 Å². The number of hydrogen-bond donors (Lipinski definition) is 1. The van der Waals surface area contributed by atoms with E-state index in [-0.39, 0.29) is 0 Å². The first kappa shape index (κ1) is 13.1. The molecule has 1 aliphatic rings. The van der Waals surface area contributed by atoms with Crippen LogP contribution >= 0.6 is 0 Å². The third-order valence-electron chi connectivity index (χ3n) is 3.64. The smallest absolute Gasteiger partial charge is 0.134 e. The first-order valence-electron chi connectivity index (χ1n) is 6.99. The number of nitrogens with one attached hydrogen (secondary N) is 1. The summed E-state index contributed by atoms with van der Waals surface area (Å²) in [6.07, 6.45) is 6.16. The molecule has 0 aliphatic heterocycles. The largest absolute Gasteiger partial charge is 0.373 e. The molecule has 0 unspecified atom stereocenters. The van der Waals surface area contributed by atoms with Gasteiger partial charge in [0.2, 0.25) is 0 Å². The molecule has 1 fully saturated rings. The molecule has 0 atom stereocenters. The molecule has 1 aromatic heterocycles. The lowest BCUT2D eigenvalue weighted by Crippen LogP contribution is -2.30. The Labute approximate surface area is 110 Å². The van der Waals surface area contributed by atoms with Crippen molar-refractivity contribution in [2.75, 3.05) is 30.9 Å². The molecule has 0 spiro atoms. The van der Waals surface area contributed by atoms with E-state index in [9.17, 15) is 0 Å². The number of aromatic nitrogens is 2. The first-order valence-corrected chi connectivity index (χ1v) is 6.99. The Kier molecular flexibility index (Phi) is 4.39. The van der Waals surface area contributed by atoms with Crippen LogP contribution in [0.5, 0.6) is 0 Å². The van der Waals surface area contributed by atoms with Gasteiger partial charge in [0.1, 0.15) is 17.5 Å². The molecule has 4 heteroatoms. The summed E-state index contributed by atoms with van der Waals surface area (Å²) in [5.41, 5.74) is 0. The van der Waals surface area contributed by atoms with Crippen molar-refractivity contribution in [3.05, 3.63) is 11.9 Å². The highest BCUT2D eigenvalue weighted by atomic mass is 15.2. The van der Waals surface area contributed by atoms with E-state index in [2.05, 4.69) is 34.2 Å². The molecule has 1 aliphatic carbocycles. The van der Waals surface area contributed by atoms with Crippen LogP contribution in [0, 0.1) is 5.92 Å². The summed E-state index contributed by atoms with van der Waals surface area (Å²) in [4.78, 5) is 11.4. The van der Waals surface area contributed by atoms with E-state index in [1.165, 1.54) is 19.3 Å². The summed E-state index contributed by atoms with van der Waals surface area (Å²) >= 11 is 0. The third-order valence-corrected chi connectivity index (χ3v) is 3.64. The molecule has 100 valence electrons. The Morgan fingerprint density at radius 3 is 2.72 bits per heavy atom. The van der Waals surface area contributed by atoms with E-state index in [1.54, 1.807) is 0 Å². The normalized spacial score (nSPS) is 15.3. The number of nitrogens with zero attached hydrogens (tertiary/aromatic N) is 3. The molecule has 1 heterocycles. The lowest BCUT2D eigenvalue weighted by Gasteiger charge is -2.30. The van der Waals surface area contributed by atoms with Crippen LogP contribution in [-0.2, 0) is 6.42 Å². The van der Waals surface area contributed by atoms with Crippen LogP contribution in [0.15, 0.2) is 6.07 Å². The average molecular weight is 248 g/mol. The molecule has 0 amide bonds. The van der Waals surface area contributed by atoms with Crippen LogP contribution in [0.2, 0.25) is 0 Å². The minimum absolute atomic E-state index is 0.859. The summed E-state index contributed by atoms with van der Waals surface area (Å²) in [5, 5.41) is 3.12. The molecule has 0 bridgehead atoms. The van der Waals surface area contributed by atoms with Crippen molar-refractivity contribution < 1.29 is 0 Å². The zero-order valence-corrected chi connectivity index (χ0v) is 11.7. The summed E-state index contributed by atoms with van der Waals surface area (Å²) in [6, 6.07) is 2.04. The molecule has 0 saturated heterocycles. The Hall–Kier alpha value is -1.32. The summed E-state index contributed by atoms with van der Waals surface area (Å²) in [7, 11) is 4.05. The van der Waals surface area contributed by atoms with Crippen LogP contribution in [-0.4, -0.2) is 30.6 Å². The van der Waals surface area contributed by atoms with Crippen LogP contribution in [0.25, 0.3) is 0 Å². The highest BCUT2D eigenvalue weighted by molar-refractivity contribution is 5.48. The molecular weight excluding hydrogens is 224 g/mol. The molecule has 18 heavy (non-hydrogen) atoms. The maximum absolute atomic E-state index is 4.66. The van der Waals surface area contributed by atoms with E-state index < -0.39 is 0 Å². The molecule has 1 aromatic rings. The second-order valence-electron chi connectivity index (χ2n) is 5.21. The van der Waals surface area contributed by atoms with Gasteiger partial charge in [-0.3, -0.25) is 0 Å². The van der Waals surface area contributed by atoms with Gasteiger partial charge in [0, 0.05) is 33.1 Å². The third kappa shape index (κ3) is 3.12. The molecule has 1 saturated carbocycles. The van der Waals surface area contributed by atoms with Gasteiger partial charge in [-0.1, -0.05) is 13.3 Å². The SMILES string of the molecule is CCCc1nc(NC)cc(N(C)CC2CCC2)n1. The fourth-order valence-corrected chi connectivity index (χ4v) is 2.30. The highest BCUT2D eigenvalue weighted by Gasteiger charge is 2.20. The van der Waals surface area contributed by atoms with Crippen molar-refractivity contribution in [3.63, 3.8) is 0 Å². The Morgan fingerprint density at radius 1 is 1.39 bits per heavy atom. The zero-order valence-electron chi connectivity index (χ0n) is 11.7. The highest BCUT2D eigenvalue weighted by Crippen LogP contribution is 2.28. The van der Waals surface area contributed by atoms with E-state index in [0.29, 0.717) is 0 Å². The maximum atomic E-state index is 4.66. The van der Waals surface area contributed by atoms with Crippen molar-refractivity contribution in [3.8, 4) is 0 Å². The minimum atomic E-state index is 0.859. The maximum Gasteiger partial charge on any atom is 0.134 e. The predicted octanol–water partition coefficient (Wildman–Crippen LogP) is 2.71. The number of anilines is 2. The fraction of sp³-hybridized carbons (Fsp3) is 0.714. The summed E-state index contributed by atoms with van der Waals surface area (Å²) in [5.74, 6) is 3.77. The first-order chi connectivity index (χ1) is 8.72. The van der Waals surface area contributed by atoms with Gasteiger partial charge >= 0.3 is 0 Å². The van der Waals surface area contributed by atoms with E-state index >= 15 is 0 Å². The second kappa shape index (κ2) is 6.03. The van der Waals surface area contributed by atoms with Gasteiger partial charge in [-0.2, -0.15) is 0 Å². The second-order valence-corrected chi connectivity index (χ2v) is 5.21. The Balaban J connectivity index is 2.10. The van der Waals surface area contributed by atoms with Gasteiger partial charge in [-0.15, -0.1) is 0 Å². The van der Waals surface area contributed by atoms with Gasteiger partial charge in [0.05, 0.1) is 0 Å². The van der Waals surface area contributed by atoms with Gasteiger partial charge in [-0.05, 0) is 25.2 Å². The monoisotopic (exact) mass is 248 g/mol. The van der Waals surface area contributed by atoms with Crippen LogP contribution in [0.4, 0.5) is 11.6 Å². The van der Waals surface area contributed by atoms with Crippen molar-refractivity contribution in [1.29, 1.82) is 0 Å². The van der Waals surface area contributed by atoms with E-state index in [1.807, 2.05) is 13.1 Å². The van der Waals surface area contributed by atoms with Gasteiger partial charge in [0.15, 0.2) is 0 Å². The molecule has 0 aromatic carbocycles. The van der Waals surface area contributed by atoms with Crippen molar-refractivity contribution in [1.82, 2.24) is 9.97 Å². The zero-order chi connectivity index (χ0) is 13.0. The average Bonchev–Trinajstić information content (AvgIpc) is 2.33. The molecular formula is C14H24N4.